The zero-order valence-electron chi connectivity index (χ0n) is 58.9. The second kappa shape index (κ2) is 44.2. The number of nitrogen functional groups attached to an aromatic ring is 3. The number of aryl methyl sites for hydroxylation is 2. The molecule has 0 aliphatic carbocycles. The van der Waals surface area contributed by atoms with Crippen molar-refractivity contribution in [3.63, 3.8) is 0 Å². The summed E-state index contributed by atoms with van der Waals surface area (Å²) < 4.78 is 35.8. The molecule has 28 nitrogen and oxygen atoms in total. The number of H-pyrrole nitrogens is 1. The van der Waals surface area contributed by atoms with Gasteiger partial charge in [-0.3, -0.25) is 33.9 Å². The number of rotatable bonds is 22. The van der Waals surface area contributed by atoms with Crippen molar-refractivity contribution in [3.05, 3.63) is 215 Å². The van der Waals surface area contributed by atoms with Gasteiger partial charge in [0.15, 0.2) is 0 Å². The van der Waals surface area contributed by atoms with Crippen molar-refractivity contribution in [2.75, 3.05) is 152 Å². The molecule has 6 heterocycles. The number of aromatic nitrogens is 9. The van der Waals surface area contributed by atoms with Gasteiger partial charge in [-0.2, -0.15) is 24.3 Å². The third-order valence-electron chi connectivity index (χ3n) is 15.3. The van der Waals surface area contributed by atoms with Gasteiger partial charge in [0.05, 0.1) is 39.6 Å². The van der Waals surface area contributed by atoms with Crippen LogP contribution in [0.4, 0.5) is 52.8 Å². The van der Waals surface area contributed by atoms with Crippen molar-refractivity contribution >= 4 is 111 Å². The first-order valence-corrected chi connectivity index (χ1v) is 34.6. The van der Waals surface area contributed by atoms with E-state index in [1.165, 1.54) is 0 Å². The molecule has 105 heavy (non-hydrogen) atoms. The van der Waals surface area contributed by atoms with E-state index >= 15 is 0 Å². The first kappa shape index (κ1) is 81.8. The summed E-state index contributed by atoms with van der Waals surface area (Å²) in [5.41, 5.74) is 23.7. The lowest BCUT2D eigenvalue weighted by Crippen LogP contribution is -2.38. The van der Waals surface area contributed by atoms with E-state index in [9.17, 15) is 19.2 Å². The molecule has 556 valence electrons. The molecule has 31 heteroatoms. The number of halogens is 3. The Morgan fingerprint density at radius 2 is 0.781 bits per heavy atom. The van der Waals surface area contributed by atoms with Gasteiger partial charge in [-0.15, -0.1) is 27.7 Å². The number of hydrogen-bond donors (Lipinski definition) is 7. The molecule has 7 aromatic carbocycles. The first-order chi connectivity index (χ1) is 50.6. The number of benzene rings is 7. The molecular formula is C74H89Cl3N18O10. The van der Waals surface area contributed by atoms with Crippen molar-refractivity contribution in [2.24, 2.45) is 0 Å². The SMILES string of the molecule is CC.Cc1cccc(C(=O)Cl)c1.Cc1cccc(C(=O)n2nc(Nc3cccc(OCCN4CCOCC4)c3)nc2N)c1.Cl.Nc1nc(Nc2cccc(OCCN3CCOCC3)c2)n[nH]1.Nc1nc(Nc2cccc(OCCN3CCOCC3)c2)nn1C(=O)c1ccccc1.O=C(Cl)c1ccccc1. The summed E-state index contributed by atoms with van der Waals surface area (Å²) in [5, 5.41) is 23.3. The fraction of sp³-hybridized carbons (Fsp3) is 0.297. The highest BCUT2D eigenvalue weighted by atomic mass is 35.5. The lowest BCUT2D eigenvalue weighted by atomic mass is 10.1. The van der Waals surface area contributed by atoms with Crippen LogP contribution in [0.2, 0.25) is 0 Å². The molecule has 3 fully saturated rings. The van der Waals surface area contributed by atoms with Crippen molar-refractivity contribution in [2.45, 2.75) is 27.7 Å². The minimum atomic E-state index is -0.407. The molecule has 0 radical (unpaired) electrons. The predicted molar refractivity (Wildman–Crippen MR) is 411 cm³/mol. The Labute approximate surface area is 626 Å². The number of nitrogens with one attached hydrogen (secondary N) is 4. The van der Waals surface area contributed by atoms with Gasteiger partial charge in [-0.1, -0.05) is 122 Å². The van der Waals surface area contributed by atoms with E-state index in [4.69, 9.17) is 68.8 Å². The van der Waals surface area contributed by atoms with E-state index in [2.05, 4.69) is 66.0 Å². The Morgan fingerprint density at radius 1 is 0.438 bits per heavy atom. The Bertz CT molecular complexity index is 4270. The molecule has 3 aliphatic rings. The molecule has 0 spiro atoms. The summed E-state index contributed by atoms with van der Waals surface area (Å²) in [5.74, 6) is 2.84. The lowest BCUT2D eigenvalue weighted by molar-refractivity contribution is 0.0322. The molecule has 3 aromatic heterocycles. The number of ether oxygens (including phenoxy) is 6. The maximum atomic E-state index is 12.7. The molecule has 13 rings (SSSR count). The molecule has 0 amide bonds. The Hall–Kier alpha value is -10.5. The summed E-state index contributed by atoms with van der Waals surface area (Å²) in [7, 11) is 0. The van der Waals surface area contributed by atoms with Crippen LogP contribution in [0.3, 0.4) is 0 Å². The highest BCUT2D eigenvalue weighted by Gasteiger charge is 2.19. The highest BCUT2D eigenvalue weighted by Crippen LogP contribution is 2.25. The first-order valence-electron chi connectivity index (χ1n) is 33.8. The predicted octanol–water partition coefficient (Wildman–Crippen LogP) is 11.0. The standard InChI is InChI=1S/C22H26N6O3.C21H24N6O3.C14H20N6O2.C8H7ClO.C7H5ClO.C2H6.ClH/c1-16-4-2-5-17(14-16)20(29)28-21(23)25-22(26-28)24-18-6-3-7-19(15-18)31-13-10-27-8-11-30-12-9-27;22-20-24-21(25-27(20)19(28)16-5-2-1-3-6-16)23-17-7-4-8-18(15-17)30-14-11-26-9-12-29-13-10-26;15-13-17-14(19-18-13)16-11-2-1-3-12(10-11)22-9-6-20-4-7-21-8-5-20;1-6-3-2-4-7(5-6)8(9)10;8-7(9)6-4-2-1-3-5-6;1-2;/h2-7,14-15H,8-13H2,1H3,(H3,23,24,25,26);1-8,15H,9-14H2,(H3,22,23,24,25);1-3,10H,4-9H2,(H4,15,16,17,18,19);2-5H,1H3;1-5H;1-2H3;1H. The van der Waals surface area contributed by atoms with Crippen LogP contribution in [0.1, 0.15) is 66.4 Å². The quantitative estimate of drug-likeness (QED) is 0.0310. The van der Waals surface area contributed by atoms with Gasteiger partial charge in [-0.25, -0.2) is 5.10 Å². The lowest BCUT2D eigenvalue weighted by Gasteiger charge is -2.26. The number of morpholine rings is 3. The van der Waals surface area contributed by atoms with Gasteiger partial charge in [0.25, 0.3) is 22.3 Å². The Morgan fingerprint density at radius 3 is 1.13 bits per heavy atom. The fourth-order valence-electron chi connectivity index (χ4n) is 10.1. The minimum Gasteiger partial charge on any atom is -0.492 e. The summed E-state index contributed by atoms with van der Waals surface area (Å²) >= 11 is 10.4. The zero-order valence-corrected chi connectivity index (χ0v) is 61.3. The van der Waals surface area contributed by atoms with Crippen LogP contribution < -0.4 is 47.4 Å². The second-order valence-electron chi connectivity index (χ2n) is 22.9. The largest absolute Gasteiger partial charge is 0.492 e. The van der Waals surface area contributed by atoms with Gasteiger partial charge in [0, 0.05) is 116 Å². The number of aromatic amines is 1. The Kier molecular flexibility index (Phi) is 34.4. The van der Waals surface area contributed by atoms with Gasteiger partial charge in [0.2, 0.25) is 35.7 Å². The normalized spacial score (nSPS) is 13.4. The van der Waals surface area contributed by atoms with Crippen LogP contribution in [0, 0.1) is 13.8 Å². The Balaban J connectivity index is 0.000000194. The van der Waals surface area contributed by atoms with Crippen molar-refractivity contribution < 1.29 is 47.6 Å². The van der Waals surface area contributed by atoms with E-state index in [1.807, 2.05) is 137 Å². The highest BCUT2D eigenvalue weighted by molar-refractivity contribution is 6.68. The maximum absolute atomic E-state index is 12.7. The van der Waals surface area contributed by atoms with E-state index in [1.54, 1.807) is 72.8 Å². The number of nitrogens with two attached hydrogens (primary N) is 3. The van der Waals surface area contributed by atoms with Gasteiger partial charge < -0.3 is 61.6 Å². The van der Waals surface area contributed by atoms with Crippen LogP contribution >= 0.6 is 35.6 Å². The van der Waals surface area contributed by atoms with Crippen LogP contribution in [0.5, 0.6) is 17.2 Å². The average Bonchev–Trinajstić information content (AvgIpc) is 1.70. The van der Waals surface area contributed by atoms with E-state index in [0.717, 1.165) is 153 Å². The molecular weight excluding hydrogens is 1410 g/mol. The van der Waals surface area contributed by atoms with Crippen LogP contribution in [0.15, 0.2) is 182 Å². The molecule has 10 N–H and O–H groups in total. The van der Waals surface area contributed by atoms with Crippen LogP contribution in [-0.4, -0.2) is 200 Å². The number of carbonyl (C=O) groups excluding carboxylic acids is 4. The smallest absolute Gasteiger partial charge is 0.281 e. The van der Waals surface area contributed by atoms with E-state index in [-0.39, 0.29) is 54.0 Å². The van der Waals surface area contributed by atoms with Gasteiger partial charge >= 0.3 is 0 Å². The third-order valence-corrected chi connectivity index (χ3v) is 15.7. The summed E-state index contributed by atoms with van der Waals surface area (Å²) in [6, 6.07) is 54.6. The number of anilines is 9. The topological polar surface area (TPSA) is 351 Å². The maximum Gasteiger partial charge on any atom is 0.281 e. The summed E-state index contributed by atoms with van der Waals surface area (Å²) in [6.45, 7) is 22.6. The number of hydrogen-bond acceptors (Lipinski definition) is 25. The molecule has 0 bridgehead atoms. The third kappa shape index (κ3) is 28.2. The minimum absolute atomic E-state index is 0. The summed E-state index contributed by atoms with van der Waals surface area (Å²) in [6.07, 6.45) is 0. The van der Waals surface area contributed by atoms with Crippen molar-refractivity contribution in [3.8, 4) is 17.2 Å². The number of carbonyl (C=O) groups is 4. The molecule has 0 saturated carbocycles. The molecule has 3 saturated heterocycles. The van der Waals surface area contributed by atoms with Gasteiger partial charge in [0.1, 0.15) is 37.1 Å². The summed E-state index contributed by atoms with van der Waals surface area (Å²) in [4.78, 5) is 65.5. The van der Waals surface area contributed by atoms with Crippen molar-refractivity contribution in [1.82, 2.24) is 59.4 Å². The molecule has 3 aliphatic heterocycles. The monoisotopic (exact) mass is 1490 g/mol. The van der Waals surface area contributed by atoms with E-state index < -0.39 is 10.5 Å². The average molecular weight is 1500 g/mol. The van der Waals surface area contributed by atoms with Crippen LogP contribution in [0.25, 0.3) is 0 Å². The number of nitrogens with zero attached hydrogens (tertiary/aromatic N) is 11. The zero-order chi connectivity index (χ0) is 73.8. The molecule has 0 unspecified atom stereocenters. The second-order valence-corrected chi connectivity index (χ2v) is 23.6. The van der Waals surface area contributed by atoms with Crippen LogP contribution in [-0.2, 0) is 14.2 Å². The fourth-order valence-corrected chi connectivity index (χ4v) is 10.3. The molecule has 10 aromatic rings. The van der Waals surface area contributed by atoms with E-state index in [0.29, 0.717) is 48.0 Å². The van der Waals surface area contributed by atoms with Crippen molar-refractivity contribution in [1.29, 1.82) is 0 Å². The molecule has 0 atom stereocenters. The van der Waals surface area contributed by atoms with Gasteiger partial charge in [-0.05, 0) is 104 Å².